The molecule has 30 heavy (non-hydrogen) atoms. The average molecular weight is 402 g/mol. The maximum atomic E-state index is 12.3. The molecule has 8 nitrogen and oxygen atoms in total. The smallest absolute Gasteiger partial charge is 0.270 e. The lowest BCUT2D eigenvalue weighted by Gasteiger charge is -2.06. The Morgan fingerprint density at radius 1 is 1.07 bits per heavy atom. The second-order valence-electron chi connectivity index (χ2n) is 6.73. The summed E-state index contributed by atoms with van der Waals surface area (Å²) in [5.41, 5.74) is 4.48. The molecule has 0 spiro atoms. The molecule has 150 valence electrons. The number of aryl methyl sites for hydroxylation is 1. The highest BCUT2D eigenvalue weighted by atomic mass is 16.6. The first kappa shape index (κ1) is 19.1. The first-order chi connectivity index (χ1) is 14.5. The molecule has 8 heteroatoms. The molecule has 3 aromatic carbocycles. The number of amides is 1. The fraction of sp³-hybridized carbons (Fsp3) is 0.0909. The SMILES string of the molecule is O=C(CCn1c2ccccc2c2ccccc21)N/N=C\c1cc([N+](=O)[O-])ccc1O. The maximum Gasteiger partial charge on any atom is 0.270 e. The normalized spacial score (nSPS) is 11.3. The molecule has 0 bridgehead atoms. The van der Waals surface area contributed by atoms with Crippen molar-refractivity contribution in [2.45, 2.75) is 13.0 Å². The molecule has 0 aliphatic rings. The number of nitro groups is 1. The van der Waals surface area contributed by atoms with Gasteiger partial charge in [0, 0.05) is 52.5 Å². The summed E-state index contributed by atoms with van der Waals surface area (Å²) in [6.07, 6.45) is 1.38. The van der Waals surface area contributed by atoms with Crippen molar-refractivity contribution in [3.05, 3.63) is 82.4 Å². The third-order valence-electron chi connectivity index (χ3n) is 4.86. The largest absolute Gasteiger partial charge is 0.507 e. The summed E-state index contributed by atoms with van der Waals surface area (Å²) in [7, 11) is 0. The van der Waals surface area contributed by atoms with Crippen molar-refractivity contribution in [2.75, 3.05) is 0 Å². The molecule has 0 aliphatic carbocycles. The summed E-state index contributed by atoms with van der Waals surface area (Å²) < 4.78 is 2.10. The van der Waals surface area contributed by atoms with Crippen LogP contribution < -0.4 is 5.43 Å². The van der Waals surface area contributed by atoms with Crippen LogP contribution in [0.3, 0.4) is 0 Å². The number of hydrogen-bond acceptors (Lipinski definition) is 5. The number of phenolic OH excluding ortho intramolecular Hbond substituents is 1. The number of para-hydroxylation sites is 2. The lowest BCUT2D eigenvalue weighted by Crippen LogP contribution is -2.19. The number of aromatic hydroxyl groups is 1. The zero-order chi connectivity index (χ0) is 21.1. The van der Waals surface area contributed by atoms with E-state index in [9.17, 15) is 20.0 Å². The second-order valence-corrected chi connectivity index (χ2v) is 6.73. The van der Waals surface area contributed by atoms with Crippen LogP contribution in [0.5, 0.6) is 5.75 Å². The minimum Gasteiger partial charge on any atom is -0.507 e. The number of phenols is 1. The second kappa shape index (κ2) is 8.04. The summed E-state index contributed by atoms with van der Waals surface area (Å²) >= 11 is 0. The molecule has 1 heterocycles. The van der Waals surface area contributed by atoms with Crippen molar-refractivity contribution in [3.8, 4) is 5.75 Å². The van der Waals surface area contributed by atoms with E-state index >= 15 is 0 Å². The Kier molecular flexibility index (Phi) is 5.13. The highest BCUT2D eigenvalue weighted by Gasteiger charge is 2.11. The van der Waals surface area contributed by atoms with Gasteiger partial charge in [0.1, 0.15) is 5.75 Å². The monoisotopic (exact) mass is 402 g/mol. The van der Waals surface area contributed by atoms with Gasteiger partial charge in [-0.1, -0.05) is 36.4 Å². The molecule has 2 N–H and O–H groups in total. The van der Waals surface area contributed by atoms with E-state index in [2.05, 4.69) is 27.2 Å². The molecule has 0 atom stereocenters. The molecule has 0 aliphatic heterocycles. The average Bonchev–Trinajstić information content (AvgIpc) is 3.07. The molecule has 0 radical (unpaired) electrons. The van der Waals surface area contributed by atoms with Crippen molar-refractivity contribution in [3.63, 3.8) is 0 Å². The van der Waals surface area contributed by atoms with Crippen LogP contribution in [0, 0.1) is 10.1 Å². The number of aromatic nitrogens is 1. The number of non-ortho nitro benzene ring substituents is 1. The summed E-state index contributed by atoms with van der Waals surface area (Å²) in [6, 6.07) is 19.7. The molecular formula is C22H18N4O4. The summed E-state index contributed by atoms with van der Waals surface area (Å²) in [5, 5.41) is 26.7. The van der Waals surface area contributed by atoms with Gasteiger partial charge < -0.3 is 9.67 Å². The molecule has 4 rings (SSSR count). The van der Waals surface area contributed by atoms with Crippen molar-refractivity contribution < 1.29 is 14.8 Å². The Balaban J connectivity index is 1.46. The summed E-state index contributed by atoms with van der Waals surface area (Å²) in [4.78, 5) is 22.5. The Bertz CT molecular complexity index is 1240. The van der Waals surface area contributed by atoms with Gasteiger partial charge in [0.2, 0.25) is 5.91 Å². The van der Waals surface area contributed by atoms with E-state index in [1.165, 1.54) is 24.4 Å². The van der Waals surface area contributed by atoms with E-state index in [1.807, 2.05) is 36.4 Å². The van der Waals surface area contributed by atoms with E-state index in [1.54, 1.807) is 0 Å². The Labute approximate surface area is 171 Å². The third kappa shape index (κ3) is 3.70. The maximum absolute atomic E-state index is 12.3. The van der Waals surface area contributed by atoms with Gasteiger partial charge in [-0.2, -0.15) is 5.10 Å². The number of nitro benzene ring substituents is 1. The van der Waals surface area contributed by atoms with E-state index in [-0.39, 0.29) is 29.3 Å². The van der Waals surface area contributed by atoms with Gasteiger partial charge >= 0.3 is 0 Å². The van der Waals surface area contributed by atoms with Crippen LogP contribution >= 0.6 is 0 Å². The zero-order valence-electron chi connectivity index (χ0n) is 15.9. The highest BCUT2D eigenvalue weighted by Crippen LogP contribution is 2.28. The zero-order valence-corrected chi connectivity index (χ0v) is 15.9. The van der Waals surface area contributed by atoms with Crippen LogP contribution in [0.1, 0.15) is 12.0 Å². The van der Waals surface area contributed by atoms with Gasteiger partial charge in [-0.25, -0.2) is 5.43 Å². The topological polar surface area (TPSA) is 110 Å². The quantitative estimate of drug-likeness (QED) is 0.289. The number of carbonyl (C=O) groups excluding carboxylic acids is 1. The van der Waals surface area contributed by atoms with E-state index in [4.69, 9.17) is 0 Å². The Hall–Kier alpha value is -4.20. The third-order valence-corrected chi connectivity index (χ3v) is 4.86. The van der Waals surface area contributed by atoms with Crippen LogP contribution in [0.25, 0.3) is 21.8 Å². The number of hydrazone groups is 1. The van der Waals surface area contributed by atoms with Gasteiger partial charge in [0.05, 0.1) is 11.1 Å². The first-order valence-corrected chi connectivity index (χ1v) is 9.30. The fourth-order valence-corrected chi connectivity index (χ4v) is 3.45. The van der Waals surface area contributed by atoms with Gasteiger partial charge in [-0.05, 0) is 18.2 Å². The highest BCUT2D eigenvalue weighted by molar-refractivity contribution is 6.08. The summed E-state index contributed by atoms with van der Waals surface area (Å²) in [6.45, 7) is 0.470. The lowest BCUT2D eigenvalue weighted by atomic mass is 10.2. The van der Waals surface area contributed by atoms with Gasteiger partial charge in [-0.3, -0.25) is 14.9 Å². The molecule has 0 fully saturated rings. The van der Waals surface area contributed by atoms with Crippen molar-refractivity contribution in [2.24, 2.45) is 5.10 Å². The van der Waals surface area contributed by atoms with Crippen molar-refractivity contribution in [1.82, 2.24) is 9.99 Å². The molecule has 0 unspecified atom stereocenters. The van der Waals surface area contributed by atoms with Gasteiger partial charge in [0.15, 0.2) is 0 Å². The molecule has 0 saturated carbocycles. The number of carbonyl (C=O) groups is 1. The minimum atomic E-state index is -0.568. The van der Waals surface area contributed by atoms with Gasteiger partial charge in [0.25, 0.3) is 5.69 Å². The van der Waals surface area contributed by atoms with Crippen LogP contribution in [0.2, 0.25) is 0 Å². The number of rotatable bonds is 6. The number of nitrogens with one attached hydrogen (secondary N) is 1. The van der Waals surface area contributed by atoms with Gasteiger partial charge in [-0.15, -0.1) is 0 Å². The van der Waals surface area contributed by atoms with E-state index in [0.29, 0.717) is 6.54 Å². The fourth-order valence-electron chi connectivity index (χ4n) is 3.45. The van der Waals surface area contributed by atoms with Crippen LogP contribution in [-0.2, 0) is 11.3 Å². The van der Waals surface area contributed by atoms with Crippen LogP contribution in [0.15, 0.2) is 71.8 Å². The number of nitrogens with zero attached hydrogens (tertiary/aromatic N) is 3. The van der Waals surface area contributed by atoms with E-state index in [0.717, 1.165) is 21.8 Å². The molecular weight excluding hydrogens is 384 g/mol. The molecule has 1 amide bonds. The van der Waals surface area contributed by atoms with Crippen LogP contribution in [0.4, 0.5) is 5.69 Å². The first-order valence-electron chi connectivity index (χ1n) is 9.30. The number of hydrogen-bond donors (Lipinski definition) is 2. The standard InChI is InChI=1S/C22H18N4O4/c27-21-10-9-16(26(29)30)13-15(21)14-23-24-22(28)11-12-25-19-7-3-1-5-17(19)18-6-2-4-8-20(18)25/h1-10,13-14,27H,11-12H2,(H,24,28)/b23-14-. The predicted octanol–water partition coefficient (Wildman–Crippen LogP) is 3.95. The lowest BCUT2D eigenvalue weighted by molar-refractivity contribution is -0.384. The number of fused-ring (bicyclic) bond motifs is 3. The Morgan fingerprint density at radius 2 is 1.70 bits per heavy atom. The molecule has 1 aromatic heterocycles. The number of benzene rings is 3. The predicted molar refractivity (Wildman–Crippen MR) is 115 cm³/mol. The van der Waals surface area contributed by atoms with Crippen molar-refractivity contribution in [1.29, 1.82) is 0 Å². The van der Waals surface area contributed by atoms with E-state index < -0.39 is 4.92 Å². The molecule has 0 saturated heterocycles. The summed E-state index contributed by atoms with van der Waals surface area (Å²) in [5.74, 6) is -0.470. The Morgan fingerprint density at radius 3 is 2.33 bits per heavy atom. The minimum absolute atomic E-state index is 0.145. The van der Waals surface area contributed by atoms with Crippen molar-refractivity contribution >= 4 is 39.6 Å². The van der Waals surface area contributed by atoms with Crippen LogP contribution in [-0.4, -0.2) is 26.7 Å². The molecule has 4 aromatic rings.